The number of benzene rings is 1. The molecule has 0 N–H and O–H groups in total. The molecule has 1 aliphatic heterocycles. The summed E-state index contributed by atoms with van der Waals surface area (Å²) in [4.78, 5) is 10.2. The fourth-order valence-electron chi connectivity index (χ4n) is 2.42. The predicted octanol–water partition coefficient (Wildman–Crippen LogP) is 1.60. The second-order valence-corrected chi connectivity index (χ2v) is 7.13. The lowest BCUT2D eigenvalue weighted by Gasteiger charge is -2.18. The van der Waals surface area contributed by atoms with E-state index < -0.39 is 26.0 Å². The molecule has 1 aromatic carbocycles. The van der Waals surface area contributed by atoms with Crippen LogP contribution in [0, 0.1) is 32.7 Å². The van der Waals surface area contributed by atoms with Gasteiger partial charge >= 0.3 is 0 Å². The monoisotopic (exact) mass is 298 g/mol. The second-order valence-electron chi connectivity index (χ2n) is 4.94. The van der Waals surface area contributed by atoms with Crippen molar-refractivity contribution in [2.75, 3.05) is 11.5 Å². The minimum Gasteiger partial charge on any atom is -0.258 e. The third-order valence-electron chi connectivity index (χ3n) is 3.39. The number of hydrogen-bond donors (Lipinski definition) is 0. The van der Waals surface area contributed by atoms with Crippen LogP contribution in [0.4, 0.5) is 10.1 Å². The lowest BCUT2D eigenvalue weighted by Crippen LogP contribution is -2.23. The minimum absolute atomic E-state index is 0.0497. The van der Waals surface area contributed by atoms with Crippen molar-refractivity contribution in [1.29, 1.82) is 5.26 Å². The van der Waals surface area contributed by atoms with Crippen LogP contribution < -0.4 is 0 Å². The van der Waals surface area contributed by atoms with Gasteiger partial charge in [-0.2, -0.15) is 5.26 Å². The van der Waals surface area contributed by atoms with Gasteiger partial charge in [-0.05, 0) is 25.0 Å². The standard InChI is InChI=1S/C12H11FN2O4S/c13-10-1-2-11(15(16)17)9(5-10)6-12(7-14)3-4-20(18,19)8-12/h1-2,5H,3-4,6,8H2. The van der Waals surface area contributed by atoms with Crippen molar-refractivity contribution in [2.24, 2.45) is 5.41 Å². The van der Waals surface area contributed by atoms with Crippen molar-refractivity contribution in [3.05, 3.63) is 39.7 Å². The highest BCUT2D eigenvalue weighted by atomic mass is 32.2. The zero-order valence-corrected chi connectivity index (χ0v) is 11.2. The SMILES string of the molecule is N#CC1(Cc2cc(F)ccc2[N+](=O)[O-])CCS(=O)(=O)C1. The Morgan fingerprint density at radius 2 is 2.20 bits per heavy atom. The molecule has 2 rings (SSSR count). The van der Waals surface area contributed by atoms with E-state index in [1.165, 1.54) is 0 Å². The molecule has 0 bridgehead atoms. The molecule has 1 atom stereocenters. The Morgan fingerprint density at radius 1 is 1.50 bits per heavy atom. The van der Waals surface area contributed by atoms with Crippen molar-refractivity contribution in [3.8, 4) is 6.07 Å². The summed E-state index contributed by atoms with van der Waals surface area (Å²) in [5, 5.41) is 20.1. The van der Waals surface area contributed by atoms with E-state index in [9.17, 15) is 28.2 Å². The highest BCUT2D eigenvalue weighted by Gasteiger charge is 2.43. The quantitative estimate of drug-likeness (QED) is 0.623. The summed E-state index contributed by atoms with van der Waals surface area (Å²) in [5.74, 6) is -1.12. The number of hydrogen-bond acceptors (Lipinski definition) is 5. The van der Waals surface area contributed by atoms with Gasteiger partial charge in [-0.25, -0.2) is 12.8 Å². The molecular weight excluding hydrogens is 287 g/mol. The maximum atomic E-state index is 13.2. The molecule has 1 unspecified atom stereocenters. The van der Waals surface area contributed by atoms with E-state index >= 15 is 0 Å². The first kappa shape index (κ1) is 14.4. The van der Waals surface area contributed by atoms with Gasteiger partial charge in [0.2, 0.25) is 0 Å². The van der Waals surface area contributed by atoms with Gasteiger partial charge in [0.25, 0.3) is 5.69 Å². The molecule has 1 aromatic rings. The Labute approximate surface area is 114 Å². The van der Waals surface area contributed by atoms with Crippen LogP contribution in [0.15, 0.2) is 18.2 Å². The summed E-state index contributed by atoms with van der Waals surface area (Å²) in [7, 11) is -3.32. The topological polar surface area (TPSA) is 101 Å². The van der Waals surface area contributed by atoms with E-state index in [-0.39, 0.29) is 35.6 Å². The minimum atomic E-state index is -3.32. The first-order chi connectivity index (χ1) is 9.27. The van der Waals surface area contributed by atoms with Crippen LogP contribution in [-0.4, -0.2) is 24.8 Å². The Hall–Kier alpha value is -2.01. The summed E-state index contributed by atoms with van der Waals surface area (Å²) in [6, 6.07) is 4.92. The third kappa shape index (κ3) is 2.77. The van der Waals surface area contributed by atoms with Gasteiger partial charge in [0.15, 0.2) is 9.84 Å². The molecule has 0 amide bonds. The van der Waals surface area contributed by atoms with E-state index in [4.69, 9.17) is 0 Å². The van der Waals surface area contributed by atoms with Crippen LogP contribution in [0.2, 0.25) is 0 Å². The van der Waals surface area contributed by atoms with Crippen LogP contribution in [0.1, 0.15) is 12.0 Å². The number of rotatable bonds is 3. The maximum Gasteiger partial charge on any atom is 0.272 e. The van der Waals surface area contributed by atoms with Gasteiger partial charge in [0.05, 0.1) is 27.9 Å². The molecule has 0 saturated carbocycles. The van der Waals surface area contributed by atoms with Gasteiger partial charge in [0.1, 0.15) is 5.82 Å². The van der Waals surface area contributed by atoms with Crippen molar-refractivity contribution in [3.63, 3.8) is 0 Å². The van der Waals surface area contributed by atoms with Gasteiger partial charge in [-0.15, -0.1) is 0 Å². The molecule has 0 aliphatic carbocycles. The normalized spacial score (nSPS) is 24.2. The molecule has 0 spiro atoms. The van der Waals surface area contributed by atoms with Crippen molar-refractivity contribution >= 4 is 15.5 Å². The highest BCUT2D eigenvalue weighted by Crippen LogP contribution is 2.37. The molecule has 20 heavy (non-hydrogen) atoms. The summed E-state index contributed by atoms with van der Waals surface area (Å²) in [5.41, 5.74) is -1.46. The molecule has 0 radical (unpaired) electrons. The van der Waals surface area contributed by atoms with E-state index in [2.05, 4.69) is 0 Å². The number of halogens is 1. The summed E-state index contributed by atoms with van der Waals surface area (Å²) >= 11 is 0. The molecule has 1 aliphatic rings. The van der Waals surface area contributed by atoms with Gasteiger partial charge in [-0.1, -0.05) is 0 Å². The largest absolute Gasteiger partial charge is 0.272 e. The molecule has 0 aromatic heterocycles. The van der Waals surface area contributed by atoms with Crippen LogP contribution in [0.3, 0.4) is 0 Å². The molecule has 8 heteroatoms. The summed E-state index contributed by atoms with van der Waals surface area (Å²) in [6.45, 7) is 0. The van der Waals surface area contributed by atoms with Crippen LogP contribution in [-0.2, 0) is 16.3 Å². The lowest BCUT2D eigenvalue weighted by molar-refractivity contribution is -0.385. The Kier molecular flexibility index (Phi) is 3.48. The highest BCUT2D eigenvalue weighted by molar-refractivity contribution is 7.91. The van der Waals surface area contributed by atoms with Crippen LogP contribution in [0.25, 0.3) is 0 Å². The first-order valence-electron chi connectivity index (χ1n) is 5.81. The van der Waals surface area contributed by atoms with E-state index in [0.717, 1.165) is 18.2 Å². The zero-order valence-electron chi connectivity index (χ0n) is 10.4. The fourth-order valence-corrected chi connectivity index (χ4v) is 4.42. The Morgan fingerprint density at radius 3 is 2.70 bits per heavy atom. The number of nitro benzene ring substituents is 1. The average Bonchev–Trinajstić information content (AvgIpc) is 2.65. The maximum absolute atomic E-state index is 13.2. The number of nitro groups is 1. The molecule has 1 saturated heterocycles. The van der Waals surface area contributed by atoms with Gasteiger partial charge in [0, 0.05) is 11.6 Å². The van der Waals surface area contributed by atoms with Crippen LogP contribution in [0.5, 0.6) is 0 Å². The van der Waals surface area contributed by atoms with E-state index in [1.807, 2.05) is 6.07 Å². The fraction of sp³-hybridized carbons (Fsp3) is 0.417. The van der Waals surface area contributed by atoms with Gasteiger partial charge < -0.3 is 0 Å². The smallest absolute Gasteiger partial charge is 0.258 e. The van der Waals surface area contributed by atoms with E-state index in [1.54, 1.807) is 0 Å². The van der Waals surface area contributed by atoms with E-state index in [0.29, 0.717) is 0 Å². The van der Waals surface area contributed by atoms with Gasteiger partial charge in [-0.3, -0.25) is 10.1 Å². The molecule has 6 nitrogen and oxygen atoms in total. The zero-order chi connectivity index (χ0) is 15.0. The first-order valence-corrected chi connectivity index (χ1v) is 7.64. The van der Waals surface area contributed by atoms with Crippen molar-refractivity contribution < 1.29 is 17.7 Å². The average molecular weight is 298 g/mol. The van der Waals surface area contributed by atoms with Crippen molar-refractivity contribution in [2.45, 2.75) is 12.8 Å². The summed E-state index contributed by atoms with van der Waals surface area (Å²) in [6.07, 6.45) is -0.0314. The molecule has 106 valence electrons. The predicted molar refractivity (Wildman–Crippen MR) is 68.1 cm³/mol. The number of nitriles is 1. The second kappa shape index (κ2) is 4.83. The van der Waals surface area contributed by atoms with Crippen LogP contribution >= 0.6 is 0 Å². The van der Waals surface area contributed by atoms with Crippen molar-refractivity contribution in [1.82, 2.24) is 0 Å². The number of nitrogens with zero attached hydrogens (tertiary/aromatic N) is 2. The Bertz CT molecular complexity index is 711. The molecular formula is C12H11FN2O4S. The third-order valence-corrected chi connectivity index (χ3v) is 5.21. The summed E-state index contributed by atoms with van der Waals surface area (Å²) < 4.78 is 36.3. The lowest BCUT2D eigenvalue weighted by atomic mass is 9.82. The molecule has 1 heterocycles. The Balaban J connectivity index is 2.41. The number of sulfone groups is 1. The molecule has 1 fully saturated rings.